The van der Waals surface area contributed by atoms with Crippen molar-refractivity contribution >= 4 is 74.7 Å². The fraction of sp³-hybridized carbons (Fsp3) is 0.476. The molecule has 15 nitrogen and oxygen atoms in total. The average molecular weight is 840 g/mol. The second-order valence-electron chi connectivity index (χ2n) is 16.0. The molecule has 17 heteroatoms. The van der Waals surface area contributed by atoms with Crippen molar-refractivity contribution in [2.45, 2.75) is 58.3 Å². The first kappa shape index (κ1) is 40.6. The van der Waals surface area contributed by atoms with Gasteiger partial charge in [-0.3, -0.25) is 29.5 Å². The van der Waals surface area contributed by atoms with Crippen LogP contribution in [0, 0.1) is 25.7 Å². The number of piperidine rings is 3. The van der Waals surface area contributed by atoms with E-state index in [1.54, 1.807) is 12.3 Å². The number of carbonyl (C=O) groups excluding carboxylic acids is 4. The summed E-state index contributed by atoms with van der Waals surface area (Å²) in [5.74, 6) is 1.85. The van der Waals surface area contributed by atoms with Crippen LogP contribution >= 0.6 is 22.9 Å². The highest BCUT2D eigenvalue weighted by atomic mass is 35.5. The second kappa shape index (κ2) is 18.0. The lowest BCUT2D eigenvalue weighted by atomic mass is 9.90. The minimum atomic E-state index is -0.330. The molecule has 0 bridgehead atoms. The number of piperazine rings is 1. The number of halogens is 1. The van der Waals surface area contributed by atoms with E-state index >= 15 is 0 Å². The predicted molar refractivity (Wildman–Crippen MR) is 229 cm³/mol. The normalized spacial score (nSPS) is 19.8. The maximum absolute atomic E-state index is 13.7. The molecular weight excluding hydrogens is 790 g/mol. The number of carbonyl (C=O) groups is 4. The Hall–Kier alpha value is -5.19. The van der Waals surface area contributed by atoms with E-state index in [1.807, 2.05) is 43.1 Å². The van der Waals surface area contributed by atoms with Gasteiger partial charge >= 0.3 is 0 Å². The number of aryl methyl sites for hydroxylation is 2. The molecule has 1 unspecified atom stereocenters. The molecule has 3 N–H and O–H groups in total. The molecule has 4 saturated heterocycles. The zero-order valence-corrected chi connectivity index (χ0v) is 35.0. The minimum Gasteiger partial charge on any atom is -0.370 e. The minimum absolute atomic E-state index is 0.0554. The van der Waals surface area contributed by atoms with E-state index in [2.05, 4.69) is 51.7 Å². The summed E-state index contributed by atoms with van der Waals surface area (Å²) in [6.45, 7) is 11.2. The number of amides is 4. The molecule has 310 valence electrons. The molecule has 0 saturated carbocycles. The van der Waals surface area contributed by atoms with Crippen LogP contribution in [0.1, 0.15) is 71.1 Å². The first-order valence-electron chi connectivity index (χ1n) is 20.5. The van der Waals surface area contributed by atoms with Crippen LogP contribution < -0.4 is 25.8 Å². The Kier molecular flexibility index (Phi) is 12.4. The zero-order chi connectivity index (χ0) is 41.0. The van der Waals surface area contributed by atoms with Gasteiger partial charge in [0.1, 0.15) is 22.3 Å². The molecule has 0 spiro atoms. The molecule has 59 heavy (non-hydrogen) atoms. The molecule has 8 rings (SSSR count). The lowest BCUT2D eigenvalue weighted by Gasteiger charge is -2.40. The van der Waals surface area contributed by atoms with Crippen LogP contribution in [0.5, 0.6) is 0 Å². The van der Waals surface area contributed by atoms with Crippen molar-refractivity contribution in [3.05, 3.63) is 75.8 Å². The fourth-order valence-electron chi connectivity index (χ4n) is 8.63. The number of nitrogens with zero attached hydrogens (tertiary/aromatic N) is 8. The highest BCUT2D eigenvalue weighted by Gasteiger charge is 2.33. The van der Waals surface area contributed by atoms with Gasteiger partial charge in [-0.05, 0) is 88.2 Å². The molecule has 1 aromatic carbocycles. The summed E-state index contributed by atoms with van der Waals surface area (Å²) < 4.78 is 0. The molecule has 7 heterocycles. The summed E-state index contributed by atoms with van der Waals surface area (Å²) in [5.41, 5.74) is 3.36. The van der Waals surface area contributed by atoms with Crippen molar-refractivity contribution in [2.24, 2.45) is 11.8 Å². The molecule has 4 aromatic rings. The van der Waals surface area contributed by atoms with Crippen LogP contribution in [0.3, 0.4) is 0 Å². The summed E-state index contributed by atoms with van der Waals surface area (Å²) in [6, 6.07) is 9.42. The Balaban J connectivity index is 0.768. The highest BCUT2D eigenvalue weighted by molar-refractivity contribution is 7.17. The number of para-hydroxylation sites is 1. The van der Waals surface area contributed by atoms with Crippen molar-refractivity contribution in [3.63, 3.8) is 0 Å². The Labute approximate surface area is 352 Å². The van der Waals surface area contributed by atoms with Crippen molar-refractivity contribution in [1.29, 1.82) is 0 Å². The Morgan fingerprint density at radius 3 is 2.42 bits per heavy atom. The molecule has 4 fully saturated rings. The van der Waals surface area contributed by atoms with E-state index in [0.717, 1.165) is 81.0 Å². The third kappa shape index (κ3) is 9.66. The Bertz CT molecular complexity index is 2180. The first-order valence-corrected chi connectivity index (χ1v) is 21.7. The van der Waals surface area contributed by atoms with E-state index in [-0.39, 0.29) is 35.5 Å². The van der Waals surface area contributed by atoms with Crippen LogP contribution in [0.15, 0.2) is 48.9 Å². The van der Waals surface area contributed by atoms with Crippen molar-refractivity contribution in [3.8, 4) is 0 Å². The third-order valence-electron chi connectivity index (χ3n) is 12.0. The Morgan fingerprint density at radius 2 is 1.68 bits per heavy atom. The van der Waals surface area contributed by atoms with Crippen LogP contribution in [0.25, 0.3) is 0 Å². The smallest absolute Gasteiger partial charge is 0.267 e. The number of nitrogens with one attached hydrogen (secondary N) is 3. The molecule has 4 amide bonds. The SMILES string of the molecule is Cc1nc(Nc2ncc(C(=O)Nc3c(C)cccc3Cl)s2)cc(N2CCN(C(=O)C3CCN(CC4CCN(c5cncc(C6CCC(=O)NC6=O)c5)CC4)CC3)CC2)n1. The maximum Gasteiger partial charge on any atom is 0.267 e. The van der Waals surface area contributed by atoms with Crippen molar-refractivity contribution < 1.29 is 19.2 Å². The summed E-state index contributed by atoms with van der Waals surface area (Å²) in [7, 11) is 0. The zero-order valence-electron chi connectivity index (χ0n) is 33.5. The Morgan fingerprint density at radius 1 is 0.898 bits per heavy atom. The molecule has 0 aliphatic carbocycles. The van der Waals surface area contributed by atoms with Gasteiger partial charge < -0.3 is 30.2 Å². The lowest BCUT2D eigenvalue weighted by molar-refractivity contribution is -0.137. The number of likely N-dealkylation sites (tertiary alicyclic amines) is 1. The summed E-state index contributed by atoms with van der Waals surface area (Å²) in [4.78, 5) is 78.3. The predicted octanol–water partition coefficient (Wildman–Crippen LogP) is 5.39. The number of anilines is 5. The fourth-order valence-corrected chi connectivity index (χ4v) is 9.61. The average Bonchev–Trinajstić information content (AvgIpc) is 3.71. The van der Waals surface area contributed by atoms with Crippen molar-refractivity contribution in [2.75, 3.05) is 79.3 Å². The number of benzene rings is 1. The molecule has 4 aliphatic heterocycles. The van der Waals surface area contributed by atoms with E-state index in [9.17, 15) is 19.2 Å². The van der Waals surface area contributed by atoms with Gasteiger partial charge in [-0.15, -0.1) is 0 Å². The first-order chi connectivity index (χ1) is 28.6. The van der Waals surface area contributed by atoms with Gasteiger partial charge in [-0.1, -0.05) is 35.1 Å². The monoisotopic (exact) mass is 839 g/mol. The van der Waals surface area contributed by atoms with E-state index in [4.69, 9.17) is 16.6 Å². The summed E-state index contributed by atoms with van der Waals surface area (Å²) in [6.07, 6.45) is 9.98. The number of aromatic nitrogens is 4. The molecule has 3 aromatic heterocycles. The standard InChI is InChI=1S/C42H50ClN11O4S/c1-26-4-3-5-33(43)38(26)50-40(57)34-24-45-42(59-34)48-35-21-36(47-27(2)46-35)53-16-18-54(19-17-53)41(58)29-10-12-51(13-11-29)25-28-8-14-52(15-9-28)31-20-30(22-44-23-31)32-6-7-37(55)49-39(32)56/h3-5,20-24,28-29,32H,6-19,25H2,1-2H3,(H,50,57)(H,49,55,56)(H,45,46,47,48). The quantitative estimate of drug-likeness (QED) is 0.175. The van der Waals surface area contributed by atoms with Crippen LogP contribution in [-0.2, 0) is 14.4 Å². The van der Waals surface area contributed by atoms with E-state index in [1.165, 1.54) is 17.5 Å². The number of rotatable bonds is 10. The van der Waals surface area contributed by atoms with Crippen LogP contribution in [-0.4, -0.2) is 112 Å². The van der Waals surface area contributed by atoms with Gasteiger partial charge in [0.05, 0.1) is 34.7 Å². The number of pyridine rings is 1. The van der Waals surface area contributed by atoms with Gasteiger partial charge in [0.25, 0.3) is 5.91 Å². The summed E-state index contributed by atoms with van der Waals surface area (Å²) >= 11 is 7.53. The number of imide groups is 1. The molecule has 1 atom stereocenters. The lowest BCUT2D eigenvalue weighted by Crippen LogP contribution is -2.52. The number of thiazole rings is 1. The second-order valence-corrected chi connectivity index (χ2v) is 17.4. The third-order valence-corrected chi connectivity index (χ3v) is 13.2. The van der Waals surface area contributed by atoms with E-state index < -0.39 is 0 Å². The van der Waals surface area contributed by atoms with E-state index in [0.29, 0.717) is 77.3 Å². The molecular formula is C42H50ClN11O4S. The topological polar surface area (TPSA) is 169 Å². The van der Waals surface area contributed by atoms with Gasteiger partial charge in [0, 0.05) is 70.4 Å². The summed E-state index contributed by atoms with van der Waals surface area (Å²) in [5, 5.41) is 9.60. The molecule has 0 radical (unpaired) electrons. The van der Waals surface area contributed by atoms with Gasteiger partial charge in [-0.2, -0.15) is 0 Å². The maximum atomic E-state index is 13.7. The number of hydrogen-bond acceptors (Lipinski definition) is 13. The van der Waals surface area contributed by atoms with Crippen molar-refractivity contribution in [1.82, 2.24) is 35.1 Å². The molecule has 4 aliphatic rings. The van der Waals surface area contributed by atoms with Gasteiger partial charge in [0.2, 0.25) is 17.7 Å². The van der Waals surface area contributed by atoms with Gasteiger partial charge in [-0.25, -0.2) is 15.0 Å². The van der Waals surface area contributed by atoms with Crippen LogP contribution in [0.2, 0.25) is 5.02 Å². The van der Waals surface area contributed by atoms with Gasteiger partial charge in [0.15, 0.2) is 5.13 Å². The highest BCUT2D eigenvalue weighted by Crippen LogP contribution is 2.32. The van der Waals surface area contributed by atoms with Crippen LogP contribution in [0.4, 0.5) is 28.1 Å². The number of hydrogen-bond donors (Lipinski definition) is 3. The largest absolute Gasteiger partial charge is 0.370 e.